The monoisotopic (exact) mass is 1090 g/mol. The first kappa shape index (κ1) is 53.4. The van der Waals surface area contributed by atoms with Gasteiger partial charge in [0.05, 0.1) is 7.11 Å². The number of thioether (sulfide) groups is 1. The normalized spacial score (nSPS) is 17.2. The van der Waals surface area contributed by atoms with E-state index < -0.39 is 51.8 Å². The second-order valence-electron chi connectivity index (χ2n) is 18.8. The molecular formula is C63H56N6O8S2. The summed E-state index contributed by atoms with van der Waals surface area (Å²) < 4.78 is 16.4. The van der Waals surface area contributed by atoms with Crippen molar-refractivity contribution in [2.75, 3.05) is 38.4 Å². The molecule has 0 aliphatic carbocycles. The lowest BCUT2D eigenvalue weighted by Gasteiger charge is -2.53. The second kappa shape index (κ2) is 24.1. The highest BCUT2D eigenvalue weighted by atomic mass is 32.2. The predicted molar refractivity (Wildman–Crippen MR) is 306 cm³/mol. The summed E-state index contributed by atoms with van der Waals surface area (Å²) in [6.07, 6.45) is 2.56. The smallest absolute Gasteiger partial charge is 0.407 e. The number of aromatic nitrogens is 1. The average Bonchev–Trinajstić information content (AvgIpc) is 4.04. The number of β-lactam (4-membered cyclic amide) rings is 1. The van der Waals surface area contributed by atoms with Crippen LogP contribution in [0.5, 0.6) is 5.75 Å². The Kier molecular flexibility index (Phi) is 16.3. The minimum atomic E-state index is -1.37. The number of methoxy groups -OCH3 is 1. The van der Waals surface area contributed by atoms with Crippen LogP contribution in [0, 0.1) is 5.41 Å². The molecule has 0 radical (unpaired) electrons. The molecular weight excluding hydrogens is 1030 g/mol. The fourth-order valence-corrected chi connectivity index (χ4v) is 12.2. The van der Waals surface area contributed by atoms with Gasteiger partial charge in [-0.1, -0.05) is 205 Å². The number of hydrogen-bond acceptors (Lipinski definition) is 13. The van der Waals surface area contributed by atoms with Crippen molar-refractivity contribution < 1.29 is 38.2 Å². The first-order chi connectivity index (χ1) is 38.7. The van der Waals surface area contributed by atoms with Crippen molar-refractivity contribution in [3.8, 4) is 5.75 Å². The van der Waals surface area contributed by atoms with Crippen molar-refractivity contribution in [1.29, 1.82) is 0 Å². The van der Waals surface area contributed by atoms with Crippen LogP contribution in [0.15, 0.2) is 229 Å². The molecule has 14 nitrogen and oxygen atoms in total. The van der Waals surface area contributed by atoms with Crippen LogP contribution in [-0.2, 0) is 46.4 Å². The van der Waals surface area contributed by atoms with Gasteiger partial charge in [0.15, 0.2) is 10.8 Å². The minimum Gasteiger partial charge on any atom is -0.497 e. The van der Waals surface area contributed by atoms with E-state index >= 15 is 4.79 Å². The number of amides is 3. The van der Waals surface area contributed by atoms with E-state index in [-0.39, 0.29) is 36.9 Å². The van der Waals surface area contributed by atoms with Gasteiger partial charge in [0, 0.05) is 41.4 Å². The number of alkyl carbamates (subject to hydrolysis) is 1. The number of anilines is 1. The maximum atomic E-state index is 15.3. The Morgan fingerprint density at radius 1 is 0.709 bits per heavy atom. The number of esters is 1. The van der Waals surface area contributed by atoms with Gasteiger partial charge < -0.3 is 39.9 Å². The number of oxime groups is 1. The van der Waals surface area contributed by atoms with E-state index in [9.17, 15) is 14.4 Å². The maximum Gasteiger partial charge on any atom is 0.407 e. The fraction of sp³-hybridized carbons (Fsp3) is 0.175. The zero-order valence-corrected chi connectivity index (χ0v) is 44.9. The molecule has 0 saturated carbocycles. The molecule has 79 heavy (non-hydrogen) atoms. The molecule has 2 unspecified atom stereocenters. The van der Waals surface area contributed by atoms with Crippen LogP contribution in [0.1, 0.15) is 44.6 Å². The molecule has 3 heterocycles. The number of rotatable bonds is 20. The van der Waals surface area contributed by atoms with Crippen LogP contribution in [0.2, 0.25) is 0 Å². The molecule has 8 aromatic rings. The van der Waals surface area contributed by atoms with E-state index in [4.69, 9.17) is 29.2 Å². The van der Waals surface area contributed by atoms with Gasteiger partial charge in [-0.05, 0) is 40.5 Å². The largest absolute Gasteiger partial charge is 0.497 e. The van der Waals surface area contributed by atoms with Crippen LogP contribution in [-0.4, -0.2) is 84.0 Å². The molecule has 3 atom stereocenters. The number of carbonyl (C=O) groups excluding carboxylic acids is 4. The van der Waals surface area contributed by atoms with Gasteiger partial charge in [0.25, 0.3) is 5.91 Å². The highest BCUT2D eigenvalue weighted by Gasteiger charge is 2.57. The second-order valence-corrected chi connectivity index (χ2v) is 20.7. The van der Waals surface area contributed by atoms with Gasteiger partial charge in [-0.15, -0.1) is 23.1 Å². The Balaban J connectivity index is 1.00. The molecule has 7 aromatic carbocycles. The van der Waals surface area contributed by atoms with E-state index in [1.54, 1.807) is 53.8 Å². The Labute approximate surface area is 466 Å². The molecule has 398 valence electrons. The number of fused-ring (bicyclic) bond motifs is 1. The summed E-state index contributed by atoms with van der Waals surface area (Å²) in [7, 11) is 3.02. The number of thiazole rings is 1. The van der Waals surface area contributed by atoms with Gasteiger partial charge in [0.2, 0.25) is 11.5 Å². The first-order valence-corrected chi connectivity index (χ1v) is 27.5. The molecule has 2 fully saturated rings. The number of ether oxygens (including phenoxy) is 3. The summed E-state index contributed by atoms with van der Waals surface area (Å²) in [5.74, 6) is -0.860. The molecule has 3 amide bonds. The van der Waals surface area contributed by atoms with Crippen molar-refractivity contribution in [2.45, 2.75) is 29.2 Å². The van der Waals surface area contributed by atoms with Crippen LogP contribution in [0.3, 0.4) is 0 Å². The SMILES string of the molecule is CNC(=O)OCC=CC1(C(=O)OCc2ccc(OC)cc2)CS[C@@H]2C(NC(=O)C(=NOC(c3ccccc3)(c3ccccc3)c3ccccc3)c3csc(NC(c4ccccc4)(c4ccccc4)c4ccccc4)n3)C(=O)N2C1. The van der Waals surface area contributed by atoms with Crippen molar-refractivity contribution >= 4 is 57.8 Å². The molecule has 0 bridgehead atoms. The summed E-state index contributed by atoms with van der Waals surface area (Å²) in [5.41, 5.74) is 2.23. The van der Waals surface area contributed by atoms with Gasteiger partial charge in [-0.3, -0.25) is 14.4 Å². The van der Waals surface area contributed by atoms with Gasteiger partial charge in [0.1, 0.15) is 47.0 Å². The Hall–Kier alpha value is -8.99. The van der Waals surface area contributed by atoms with E-state index in [0.717, 1.165) is 38.9 Å². The molecule has 2 saturated heterocycles. The summed E-state index contributed by atoms with van der Waals surface area (Å²) in [5, 5.41) is 15.8. The van der Waals surface area contributed by atoms with Crippen LogP contribution in [0.4, 0.5) is 9.93 Å². The lowest BCUT2D eigenvalue weighted by atomic mass is 9.77. The summed E-state index contributed by atoms with van der Waals surface area (Å²) in [6, 6.07) is 65.5. The highest BCUT2D eigenvalue weighted by Crippen LogP contribution is 2.45. The molecule has 3 N–H and O–H groups in total. The number of hydrogen-bond donors (Lipinski definition) is 3. The minimum absolute atomic E-state index is 0.0300. The third-order valence-corrected chi connectivity index (χ3v) is 16.3. The molecule has 0 spiro atoms. The summed E-state index contributed by atoms with van der Waals surface area (Å²) >= 11 is 2.62. The molecule has 1 aromatic heterocycles. The maximum absolute atomic E-state index is 15.3. The lowest BCUT2D eigenvalue weighted by molar-refractivity contribution is -0.160. The Bertz CT molecular complexity index is 3230. The van der Waals surface area contributed by atoms with Crippen LogP contribution < -0.4 is 20.7 Å². The van der Waals surface area contributed by atoms with Crippen molar-refractivity contribution in [2.24, 2.45) is 10.6 Å². The van der Waals surface area contributed by atoms with Crippen molar-refractivity contribution in [1.82, 2.24) is 20.5 Å². The summed E-state index contributed by atoms with van der Waals surface area (Å²) in [6.45, 7) is -0.214. The van der Waals surface area contributed by atoms with E-state index in [1.165, 1.54) is 30.1 Å². The first-order valence-electron chi connectivity index (χ1n) is 25.6. The standard InChI is InChI=1S/C63H56N6O8S2/c1-64-60(73)75-39-21-38-61(58(72)76-40-44-34-36-51(74-2)37-35-44)42-69-56(71)54(57(69)79-43-61)66-55(70)53(68-77-63(48-28-15-6-16-29-48,49-30-17-7-18-31-49)50-32-19-8-20-33-50)52-41-78-59(65-52)67-62(45-22-9-3-10-23-45,46-24-11-4-12-25-46)47-26-13-5-14-27-47/h3-38,41,54,57H,39-40,42-43H2,1-2H3,(H,64,73)(H,65,67)(H,66,70)/t54?,57-,61?/m1/s1. The number of nitrogens with zero attached hydrogens (tertiary/aromatic N) is 3. The third kappa shape index (κ3) is 11.1. The molecule has 16 heteroatoms. The third-order valence-electron chi connectivity index (χ3n) is 14.0. The fourth-order valence-electron chi connectivity index (χ4n) is 9.96. The van der Waals surface area contributed by atoms with Gasteiger partial charge in [-0.2, -0.15) is 0 Å². The molecule has 2 aliphatic heterocycles. The Morgan fingerprint density at radius 3 is 1.71 bits per heavy atom. The highest BCUT2D eigenvalue weighted by molar-refractivity contribution is 8.00. The zero-order chi connectivity index (χ0) is 54.7. The van der Waals surface area contributed by atoms with Crippen LogP contribution in [0.25, 0.3) is 0 Å². The lowest BCUT2D eigenvalue weighted by Crippen LogP contribution is -2.74. The average molecular weight is 1090 g/mol. The quantitative estimate of drug-likeness (QED) is 0.0166. The van der Waals surface area contributed by atoms with E-state index in [2.05, 4.69) is 52.3 Å². The predicted octanol–water partition coefficient (Wildman–Crippen LogP) is 10.3. The van der Waals surface area contributed by atoms with E-state index in [1.807, 2.05) is 146 Å². The zero-order valence-electron chi connectivity index (χ0n) is 43.3. The molecule has 2 aliphatic rings. The number of carbonyl (C=O) groups is 4. The Morgan fingerprint density at radius 2 is 1.22 bits per heavy atom. The number of nitrogens with one attached hydrogen (secondary N) is 3. The molecule has 10 rings (SSSR count). The van der Waals surface area contributed by atoms with E-state index in [0.29, 0.717) is 10.9 Å². The van der Waals surface area contributed by atoms with Crippen molar-refractivity contribution in [3.63, 3.8) is 0 Å². The van der Waals surface area contributed by atoms with Crippen molar-refractivity contribution in [3.05, 3.63) is 268 Å². The van der Waals surface area contributed by atoms with Crippen LogP contribution >= 0.6 is 23.1 Å². The van der Waals surface area contributed by atoms with Gasteiger partial charge in [-0.25, -0.2) is 9.78 Å². The number of benzene rings is 7. The topological polar surface area (TPSA) is 170 Å². The van der Waals surface area contributed by atoms with Gasteiger partial charge >= 0.3 is 12.1 Å². The summed E-state index contributed by atoms with van der Waals surface area (Å²) in [4.78, 5) is 69.5.